The summed E-state index contributed by atoms with van der Waals surface area (Å²) in [6, 6.07) is 6.84. The average molecular weight is 362 g/mol. The van der Waals surface area contributed by atoms with Crippen molar-refractivity contribution in [3.05, 3.63) is 51.4 Å². The summed E-state index contributed by atoms with van der Waals surface area (Å²) in [6.07, 6.45) is 5.13. The molecule has 1 aromatic heterocycles. The Kier molecular flexibility index (Phi) is 5.08. The molecule has 6 nitrogen and oxygen atoms in total. The molecule has 1 fully saturated rings. The van der Waals surface area contributed by atoms with Crippen LogP contribution < -0.4 is 10.9 Å². The first-order chi connectivity index (χ1) is 12.0. The summed E-state index contributed by atoms with van der Waals surface area (Å²) in [5, 5.41) is 7.53. The van der Waals surface area contributed by atoms with Gasteiger partial charge in [0.05, 0.1) is 30.2 Å². The van der Waals surface area contributed by atoms with Gasteiger partial charge in [0.2, 0.25) is 0 Å². The van der Waals surface area contributed by atoms with Crippen LogP contribution in [0, 0.1) is 5.92 Å². The molecular formula is C18H20ClN3O3. The minimum absolute atomic E-state index is 0.0563. The van der Waals surface area contributed by atoms with Gasteiger partial charge in [0.25, 0.3) is 5.56 Å². The third-order valence-electron chi connectivity index (χ3n) is 4.70. The minimum Gasteiger partial charge on any atom is -0.465 e. The number of aromatic nitrogens is 2. The van der Waals surface area contributed by atoms with Crippen molar-refractivity contribution in [1.82, 2.24) is 9.78 Å². The maximum absolute atomic E-state index is 12.7. The molecule has 1 aromatic carbocycles. The second-order valence-electron chi connectivity index (χ2n) is 6.22. The highest BCUT2D eigenvalue weighted by Gasteiger charge is 2.25. The minimum atomic E-state index is -0.541. The molecule has 25 heavy (non-hydrogen) atoms. The predicted octanol–water partition coefficient (Wildman–Crippen LogP) is 3.27. The van der Waals surface area contributed by atoms with Crippen molar-refractivity contribution in [3.63, 3.8) is 0 Å². The fourth-order valence-corrected chi connectivity index (χ4v) is 3.13. The number of benzene rings is 1. The van der Waals surface area contributed by atoms with Crippen molar-refractivity contribution in [2.24, 2.45) is 5.92 Å². The van der Waals surface area contributed by atoms with Crippen LogP contribution in [-0.4, -0.2) is 28.9 Å². The second-order valence-corrected chi connectivity index (χ2v) is 6.60. The number of carbonyl (C=O) groups is 1. The van der Waals surface area contributed by atoms with Crippen LogP contribution in [0.2, 0.25) is 5.02 Å². The summed E-state index contributed by atoms with van der Waals surface area (Å²) in [5.41, 5.74) is 0.612. The Balaban J connectivity index is 1.96. The van der Waals surface area contributed by atoms with E-state index in [1.54, 1.807) is 24.3 Å². The standard InChI is InChI=1S/C18H20ClN3O3/c1-11(12-6-5-7-12)21-14-10-20-22(17(23)16(14)19)15-9-4-3-8-13(15)18(24)25-2/h3-4,8-12,21H,5-7H2,1-2H3. The van der Waals surface area contributed by atoms with E-state index < -0.39 is 11.5 Å². The Bertz CT molecular complexity index is 846. The van der Waals surface area contributed by atoms with Gasteiger partial charge in [0.1, 0.15) is 5.02 Å². The van der Waals surface area contributed by atoms with Gasteiger partial charge in [-0.05, 0) is 37.8 Å². The third kappa shape index (κ3) is 3.39. The molecular weight excluding hydrogens is 342 g/mol. The molecule has 0 amide bonds. The van der Waals surface area contributed by atoms with Gasteiger partial charge in [-0.25, -0.2) is 4.79 Å². The zero-order chi connectivity index (χ0) is 18.0. The van der Waals surface area contributed by atoms with E-state index in [0.717, 1.165) is 4.68 Å². The van der Waals surface area contributed by atoms with Gasteiger partial charge in [-0.1, -0.05) is 30.2 Å². The molecule has 0 bridgehead atoms. The maximum atomic E-state index is 12.7. The van der Waals surface area contributed by atoms with E-state index >= 15 is 0 Å². The molecule has 1 heterocycles. The van der Waals surface area contributed by atoms with Crippen LogP contribution in [0.15, 0.2) is 35.3 Å². The van der Waals surface area contributed by atoms with Gasteiger partial charge in [-0.15, -0.1) is 0 Å². The van der Waals surface area contributed by atoms with Crippen LogP contribution in [0.4, 0.5) is 5.69 Å². The van der Waals surface area contributed by atoms with Crippen molar-refractivity contribution in [1.29, 1.82) is 0 Å². The van der Waals surface area contributed by atoms with Crippen molar-refractivity contribution in [3.8, 4) is 5.69 Å². The average Bonchev–Trinajstić information content (AvgIpc) is 2.57. The van der Waals surface area contributed by atoms with Crippen LogP contribution in [0.25, 0.3) is 5.69 Å². The number of nitrogens with one attached hydrogen (secondary N) is 1. The monoisotopic (exact) mass is 361 g/mol. The predicted molar refractivity (Wildman–Crippen MR) is 96.6 cm³/mol. The van der Waals surface area contributed by atoms with Crippen molar-refractivity contribution in [2.75, 3.05) is 12.4 Å². The number of anilines is 1. The van der Waals surface area contributed by atoms with Crippen molar-refractivity contribution in [2.45, 2.75) is 32.2 Å². The first-order valence-electron chi connectivity index (χ1n) is 8.25. The molecule has 1 aliphatic rings. The van der Waals surface area contributed by atoms with E-state index in [1.165, 1.54) is 32.6 Å². The molecule has 0 saturated heterocycles. The number of ether oxygens (including phenoxy) is 1. The Morgan fingerprint density at radius 1 is 1.40 bits per heavy atom. The molecule has 1 atom stereocenters. The van der Waals surface area contributed by atoms with Crippen LogP contribution in [0.3, 0.4) is 0 Å². The van der Waals surface area contributed by atoms with Gasteiger partial charge in [-0.2, -0.15) is 9.78 Å². The quantitative estimate of drug-likeness (QED) is 0.827. The van der Waals surface area contributed by atoms with Crippen molar-refractivity contribution >= 4 is 23.3 Å². The van der Waals surface area contributed by atoms with Gasteiger partial charge in [-0.3, -0.25) is 4.79 Å². The largest absolute Gasteiger partial charge is 0.465 e. The molecule has 7 heteroatoms. The van der Waals surface area contributed by atoms with Crippen LogP contribution in [0.1, 0.15) is 36.5 Å². The number of halogens is 1. The Labute approximate surface area is 150 Å². The van der Waals surface area contributed by atoms with E-state index in [4.69, 9.17) is 16.3 Å². The fourth-order valence-electron chi connectivity index (χ4n) is 2.95. The first kappa shape index (κ1) is 17.5. The summed E-state index contributed by atoms with van der Waals surface area (Å²) >= 11 is 6.27. The summed E-state index contributed by atoms with van der Waals surface area (Å²) in [5.74, 6) is 0.0554. The highest BCUT2D eigenvalue weighted by atomic mass is 35.5. The number of methoxy groups -OCH3 is 1. The van der Waals surface area contributed by atoms with E-state index in [1.807, 2.05) is 0 Å². The molecule has 1 aliphatic carbocycles. The molecule has 3 rings (SSSR count). The molecule has 1 N–H and O–H groups in total. The van der Waals surface area contributed by atoms with Crippen molar-refractivity contribution < 1.29 is 9.53 Å². The zero-order valence-electron chi connectivity index (χ0n) is 14.2. The molecule has 132 valence electrons. The number of nitrogens with zero attached hydrogens (tertiary/aromatic N) is 2. The van der Waals surface area contributed by atoms with E-state index in [9.17, 15) is 9.59 Å². The summed E-state index contributed by atoms with van der Waals surface area (Å²) in [6.45, 7) is 2.08. The van der Waals surface area contributed by atoms with Gasteiger partial charge in [0.15, 0.2) is 0 Å². The number of esters is 1. The molecule has 0 radical (unpaired) electrons. The van der Waals surface area contributed by atoms with E-state index in [0.29, 0.717) is 17.3 Å². The Morgan fingerprint density at radius 3 is 2.76 bits per heavy atom. The topological polar surface area (TPSA) is 73.2 Å². The van der Waals surface area contributed by atoms with Crippen LogP contribution >= 0.6 is 11.6 Å². The van der Waals surface area contributed by atoms with E-state index in [-0.39, 0.29) is 16.6 Å². The number of rotatable bonds is 5. The lowest BCUT2D eigenvalue weighted by molar-refractivity contribution is 0.0600. The Hall–Kier alpha value is -2.34. The highest BCUT2D eigenvalue weighted by molar-refractivity contribution is 6.33. The fraction of sp³-hybridized carbons (Fsp3) is 0.389. The molecule has 0 aliphatic heterocycles. The maximum Gasteiger partial charge on any atom is 0.340 e. The number of hydrogen-bond donors (Lipinski definition) is 1. The van der Waals surface area contributed by atoms with Crippen LogP contribution in [0.5, 0.6) is 0 Å². The Morgan fingerprint density at radius 2 is 2.12 bits per heavy atom. The molecule has 0 spiro atoms. The highest BCUT2D eigenvalue weighted by Crippen LogP contribution is 2.31. The summed E-state index contributed by atoms with van der Waals surface area (Å²) < 4.78 is 5.88. The lowest BCUT2D eigenvalue weighted by Crippen LogP contribution is -2.32. The molecule has 1 unspecified atom stereocenters. The summed E-state index contributed by atoms with van der Waals surface area (Å²) in [7, 11) is 1.29. The number of para-hydroxylation sites is 1. The lowest BCUT2D eigenvalue weighted by Gasteiger charge is -2.32. The first-order valence-corrected chi connectivity index (χ1v) is 8.62. The molecule has 2 aromatic rings. The molecule has 1 saturated carbocycles. The van der Waals surface area contributed by atoms with Gasteiger partial charge < -0.3 is 10.1 Å². The third-order valence-corrected chi connectivity index (χ3v) is 5.06. The second kappa shape index (κ2) is 7.27. The van der Waals surface area contributed by atoms with E-state index in [2.05, 4.69) is 17.3 Å². The number of carbonyl (C=O) groups excluding carboxylic acids is 1. The van der Waals surface area contributed by atoms with Crippen LogP contribution in [-0.2, 0) is 4.74 Å². The zero-order valence-corrected chi connectivity index (χ0v) is 14.9. The summed E-state index contributed by atoms with van der Waals surface area (Å²) in [4.78, 5) is 24.6. The van der Waals surface area contributed by atoms with Gasteiger partial charge >= 0.3 is 5.97 Å². The normalized spacial score (nSPS) is 15.3. The smallest absolute Gasteiger partial charge is 0.340 e. The van der Waals surface area contributed by atoms with Gasteiger partial charge in [0, 0.05) is 6.04 Å². The number of hydrogen-bond acceptors (Lipinski definition) is 5. The SMILES string of the molecule is COC(=O)c1ccccc1-n1ncc(NC(C)C2CCC2)c(Cl)c1=O. The lowest BCUT2D eigenvalue weighted by atomic mass is 9.80.